The maximum atomic E-state index is 10.8. The van der Waals surface area contributed by atoms with Crippen molar-refractivity contribution in [3.05, 3.63) is 42.2 Å². The van der Waals surface area contributed by atoms with Gasteiger partial charge in [-0.2, -0.15) is 0 Å². The molecule has 6 nitrogen and oxygen atoms in total. The van der Waals surface area contributed by atoms with Gasteiger partial charge in [-0.05, 0) is 30.7 Å². The van der Waals surface area contributed by atoms with E-state index in [4.69, 9.17) is 5.11 Å². The second kappa shape index (κ2) is 7.97. The number of unbranched alkanes of at least 4 members (excludes halogenated alkanes) is 2. The van der Waals surface area contributed by atoms with Crippen LogP contribution in [0.15, 0.2) is 36.7 Å². The number of carboxylic acid groups (broad SMARTS) is 1. The molecule has 3 N–H and O–H groups in total. The summed E-state index contributed by atoms with van der Waals surface area (Å²) in [5.41, 5.74) is 1.03. The summed E-state index contributed by atoms with van der Waals surface area (Å²) in [5.74, 6) is 0.499. The molecule has 1 heterocycles. The molecule has 116 valence electrons. The van der Waals surface area contributed by atoms with Gasteiger partial charge in [0, 0.05) is 18.3 Å². The quantitative estimate of drug-likeness (QED) is 0.647. The average molecular weight is 300 g/mol. The van der Waals surface area contributed by atoms with Gasteiger partial charge in [0.05, 0.1) is 5.56 Å². The number of aromatic nitrogens is 2. The summed E-state index contributed by atoms with van der Waals surface area (Å²) in [6, 6.07) is 8.35. The Morgan fingerprint density at radius 2 is 1.86 bits per heavy atom. The van der Waals surface area contributed by atoms with Gasteiger partial charge < -0.3 is 15.7 Å². The Morgan fingerprint density at radius 1 is 1.14 bits per heavy atom. The number of nitrogens with one attached hydrogen (secondary N) is 2. The van der Waals surface area contributed by atoms with Crippen LogP contribution in [-0.2, 0) is 0 Å². The number of rotatable bonds is 8. The molecule has 1 aromatic carbocycles. The van der Waals surface area contributed by atoms with Gasteiger partial charge in [0.15, 0.2) is 0 Å². The first kappa shape index (κ1) is 15.8. The highest BCUT2D eigenvalue weighted by atomic mass is 16.4. The summed E-state index contributed by atoms with van der Waals surface area (Å²) in [6.07, 6.45) is 4.99. The monoisotopic (exact) mass is 300 g/mol. The summed E-state index contributed by atoms with van der Waals surface area (Å²) in [6.45, 7) is 3.06. The molecular formula is C16H20N4O2. The molecule has 2 aromatic rings. The van der Waals surface area contributed by atoms with E-state index in [2.05, 4.69) is 27.5 Å². The van der Waals surface area contributed by atoms with E-state index in [-0.39, 0.29) is 5.56 Å². The van der Waals surface area contributed by atoms with Gasteiger partial charge in [0.2, 0.25) is 0 Å². The molecule has 0 saturated heterocycles. The number of hydrogen-bond acceptors (Lipinski definition) is 5. The number of benzene rings is 1. The number of anilines is 3. The molecule has 0 radical (unpaired) electrons. The van der Waals surface area contributed by atoms with Crippen LogP contribution in [0.5, 0.6) is 0 Å². The fourth-order valence-electron chi connectivity index (χ4n) is 1.96. The van der Waals surface area contributed by atoms with Crippen LogP contribution in [0.2, 0.25) is 0 Å². The highest BCUT2D eigenvalue weighted by Crippen LogP contribution is 2.17. The molecule has 0 saturated carbocycles. The molecule has 0 atom stereocenters. The topological polar surface area (TPSA) is 87.1 Å². The third-order valence-corrected chi connectivity index (χ3v) is 3.16. The van der Waals surface area contributed by atoms with Gasteiger partial charge in [0.1, 0.15) is 18.0 Å². The smallest absolute Gasteiger partial charge is 0.335 e. The van der Waals surface area contributed by atoms with E-state index < -0.39 is 5.97 Å². The van der Waals surface area contributed by atoms with E-state index in [0.717, 1.165) is 24.5 Å². The Bertz CT molecular complexity index is 614. The molecular weight excluding hydrogens is 280 g/mol. The summed E-state index contributed by atoms with van der Waals surface area (Å²) in [7, 11) is 0. The minimum absolute atomic E-state index is 0.256. The van der Waals surface area contributed by atoms with Crippen molar-refractivity contribution in [2.75, 3.05) is 17.2 Å². The van der Waals surface area contributed by atoms with Crippen molar-refractivity contribution in [3.63, 3.8) is 0 Å². The van der Waals surface area contributed by atoms with Crippen molar-refractivity contribution in [3.8, 4) is 0 Å². The minimum atomic E-state index is -0.938. The lowest BCUT2D eigenvalue weighted by Gasteiger charge is -2.08. The lowest BCUT2D eigenvalue weighted by Crippen LogP contribution is -2.04. The van der Waals surface area contributed by atoms with Crippen molar-refractivity contribution < 1.29 is 9.90 Å². The van der Waals surface area contributed by atoms with Crippen LogP contribution >= 0.6 is 0 Å². The van der Waals surface area contributed by atoms with E-state index >= 15 is 0 Å². The molecule has 2 rings (SSSR count). The Morgan fingerprint density at radius 3 is 2.55 bits per heavy atom. The average Bonchev–Trinajstić information content (AvgIpc) is 2.52. The van der Waals surface area contributed by atoms with E-state index in [1.165, 1.54) is 19.2 Å². The molecule has 0 amide bonds. The molecule has 1 aromatic heterocycles. The second-order valence-corrected chi connectivity index (χ2v) is 4.93. The minimum Gasteiger partial charge on any atom is -0.478 e. The van der Waals surface area contributed by atoms with E-state index in [0.29, 0.717) is 5.82 Å². The number of hydrogen-bond donors (Lipinski definition) is 3. The Kier molecular flexibility index (Phi) is 5.71. The predicted octanol–water partition coefficient (Wildman–Crippen LogP) is 3.52. The van der Waals surface area contributed by atoms with Crippen LogP contribution in [0.25, 0.3) is 0 Å². The van der Waals surface area contributed by atoms with Gasteiger partial charge in [-0.3, -0.25) is 0 Å². The summed E-state index contributed by atoms with van der Waals surface area (Å²) >= 11 is 0. The van der Waals surface area contributed by atoms with Crippen LogP contribution in [-0.4, -0.2) is 27.6 Å². The molecule has 22 heavy (non-hydrogen) atoms. The van der Waals surface area contributed by atoms with Crippen molar-refractivity contribution >= 4 is 23.3 Å². The molecule has 0 aliphatic rings. The third kappa shape index (κ3) is 4.73. The highest BCUT2D eigenvalue weighted by molar-refractivity contribution is 5.88. The van der Waals surface area contributed by atoms with Gasteiger partial charge in [-0.15, -0.1) is 0 Å². The fraction of sp³-hybridized carbons (Fsp3) is 0.312. The largest absolute Gasteiger partial charge is 0.478 e. The fourth-order valence-corrected chi connectivity index (χ4v) is 1.96. The Balaban J connectivity index is 1.96. The van der Waals surface area contributed by atoms with Crippen LogP contribution in [0.4, 0.5) is 17.3 Å². The van der Waals surface area contributed by atoms with Gasteiger partial charge in [0.25, 0.3) is 0 Å². The van der Waals surface area contributed by atoms with Crippen molar-refractivity contribution in [2.24, 2.45) is 0 Å². The molecule has 0 unspecified atom stereocenters. The zero-order chi connectivity index (χ0) is 15.8. The van der Waals surface area contributed by atoms with E-state index in [1.807, 2.05) is 6.07 Å². The van der Waals surface area contributed by atoms with Gasteiger partial charge in [-0.1, -0.05) is 19.8 Å². The molecule has 0 bridgehead atoms. The van der Waals surface area contributed by atoms with Crippen molar-refractivity contribution in [1.82, 2.24) is 9.97 Å². The number of carboxylic acids is 1. The van der Waals surface area contributed by atoms with Crippen LogP contribution in [0.3, 0.4) is 0 Å². The maximum Gasteiger partial charge on any atom is 0.335 e. The van der Waals surface area contributed by atoms with Crippen molar-refractivity contribution in [2.45, 2.75) is 26.2 Å². The molecule has 0 aliphatic carbocycles. The molecule has 0 fully saturated rings. The zero-order valence-electron chi connectivity index (χ0n) is 12.5. The predicted molar refractivity (Wildman–Crippen MR) is 86.7 cm³/mol. The number of nitrogens with zero attached hydrogens (tertiary/aromatic N) is 2. The zero-order valence-corrected chi connectivity index (χ0v) is 12.5. The maximum absolute atomic E-state index is 10.8. The number of carbonyl (C=O) groups is 1. The third-order valence-electron chi connectivity index (χ3n) is 3.16. The number of aromatic carboxylic acids is 1. The molecule has 0 aliphatic heterocycles. The second-order valence-electron chi connectivity index (χ2n) is 4.93. The first-order valence-electron chi connectivity index (χ1n) is 7.35. The highest BCUT2D eigenvalue weighted by Gasteiger charge is 2.03. The summed E-state index contributed by atoms with van der Waals surface area (Å²) in [4.78, 5) is 19.1. The standard InChI is InChI=1S/C16H20N4O2/c1-2-3-4-9-17-14-10-15(19-11-18-14)20-13-7-5-12(6-8-13)16(21)22/h5-8,10-11H,2-4,9H2,1H3,(H,21,22)(H2,17,18,19,20). The van der Waals surface area contributed by atoms with Crippen LogP contribution < -0.4 is 10.6 Å². The lowest BCUT2D eigenvalue weighted by atomic mass is 10.2. The van der Waals surface area contributed by atoms with Crippen LogP contribution in [0, 0.1) is 0 Å². The summed E-state index contributed by atoms with van der Waals surface area (Å²) in [5, 5.41) is 15.3. The SMILES string of the molecule is CCCCCNc1cc(Nc2ccc(C(=O)O)cc2)ncn1. The first-order chi connectivity index (χ1) is 10.7. The lowest BCUT2D eigenvalue weighted by molar-refractivity contribution is 0.0697. The van der Waals surface area contributed by atoms with Gasteiger partial charge >= 0.3 is 5.97 Å². The van der Waals surface area contributed by atoms with Gasteiger partial charge in [-0.25, -0.2) is 14.8 Å². The Labute approximate surface area is 129 Å². The van der Waals surface area contributed by atoms with E-state index in [9.17, 15) is 4.79 Å². The van der Waals surface area contributed by atoms with Crippen molar-refractivity contribution in [1.29, 1.82) is 0 Å². The first-order valence-corrected chi connectivity index (χ1v) is 7.35. The Hall–Kier alpha value is -2.63. The summed E-state index contributed by atoms with van der Waals surface area (Å²) < 4.78 is 0. The normalized spacial score (nSPS) is 10.2. The van der Waals surface area contributed by atoms with Crippen LogP contribution in [0.1, 0.15) is 36.5 Å². The molecule has 6 heteroatoms. The molecule has 0 spiro atoms. The van der Waals surface area contributed by atoms with E-state index in [1.54, 1.807) is 24.3 Å².